The lowest BCUT2D eigenvalue weighted by Gasteiger charge is -2.34. The van der Waals surface area contributed by atoms with Crippen molar-refractivity contribution in [1.82, 2.24) is 10.2 Å². The van der Waals surface area contributed by atoms with Crippen molar-refractivity contribution in [2.24, 2.45) is 11.7 Å². The van der Waals surface area contributed by atoms with Gasteiger partial charge in [-0.1, -0.05) is 27.2 Å². The van der Waals surface area contributed by atoms with Crippen LogP contribution < -0.4 is 11.1 Å². The van der Waals surface area contributed by atoms with E-state index in [1.807, 2.05) is 25.7 Å². The van der Waals surface area contributed by atoms with E-state index < -0.39 is 6.04 Å². The van der Waals surface area contributed by atoms with Gasteiger partial charge in [0.15, 0.2) is 0 Å². The van der Waals surface area contributed by atoms with E-state index in [2.05, 4.69) is 5.32 Å². The maximum Gasteiger partial charge on any atom is 0.239 e. The molecule has 0 spiro atoms. The first-order chi connectivity index (χ1) is 8.99. The normalized spacial score (nSPS) is 19.9. The third-order valence-corrected chi connectivity index (χ3v) is 4.04. The van der Waals surface area contributed by atoms with E-state index >= 15 is 0 Å². The van der Waals surface area contributed by atoms with Gasteiger partial charge in [-0.3, -0.25) is 9.59 Å². The minimum Gasteiger partial charge on any atom is -0.353 e. The molecule has 0 bridgehead atoms. The molecule has 1 aliphatic heterocycles. The minimum atomic E-state index is -0.396. The number of carbonyl (C=O) groups excluding carboxylic acids is 2. The van der Waals surface area contributed by atoms with Crippen LogP contribution in [0.5, 0.6) is 0 Å². The molecule has 0 saturated carbocycles. The van der Waals surface area contributed by atoms with Crippen molar-refractivity contribution in [3.05, 3.63) is 0 Å². The van der Waals surface area contributed by atoms with Gasteiger partial charge in [-0.25, -0.2) is 0 Å². The Bertz CT molecular complexity index is 312. The van der Waals surface area contributed by atoms with Crippen LogP contribution in [0.3, 0.4) is 0 Å². The molecule has 0 aromatic carbocycles. The quantitative estimate of drug-likeness (QED) is 0.778. The summed E-state index contributed by atoms with van der Waals surface area (Å²) in [7, 11) is 0. The lowest BCUT2D eigenvalue weighted by atomic mass is 9.97. The van der Waals surface area contributed by atoms with E-state index in [4.69, 9.17) is 5.73 Å². The topological polar surface area (TPSA) is 75.4 Å². The van der Waals surface area contributed by atoms with Crippen molar-refractivity contribution >= 4 is 11.8 Å². The van der Waals surface area contributed by atoms with Crippen molar-refractivity contribution in [3.8, 4) is 0 Å². The lowest BCUT2D eigenvalue weighted by Crippen LogP contribution is -2.52. The predicted molar refractivity (Wildman–Crippen MR) is 75.5 cm³/mol. The molecule has 1 aliphatic rings. The van der Waals surface area contributed by atoms with Gasteiger partial charge in [-0.05, 0) is 18.8 Å². The summed E-state index contributed by atoms with van der Waals surface area (Å²) in [5.74, 6) is 0.348. The highest BCUT2D eigenvalue weighted by Gasteiger charge is 2.28. The van der Waals surface area contributed by atoms with Crippen LogP contribution in [0.15, 0.2) is 0 Å². The van der Waals surface area contributed by atoms with Gasteiger partial charge in [0.05, 0.1) is 6.04 Å². The van der Waals surface area contributed by atoms with Crippen LogP contribution in [-0.4, -0.2) is 41.9 Å². The number of piperidine rings is 1. The largest absolute Gasteiger partial charge is 0.353 e. The van der Waals surface area contributed by atoms with Crippen LogP contribution in [-0.2, 0) is 9.59 Å². The summed E-state index contributed by atoms with van der Waals surface area (Å²) in [6.07, 6.45) is 3.07. The molecular weight excluding hydrogens is 242 g/mol. The number of likely N-dealkylation sites (tertiary alicyclic amines) is 1. The molecule has 1 fully saturated rings. The molecule has 1 unspecified atom stereocenters. The number of hydrogen-bond donors (Lipinski definition) is 2. The second kappa shape index (κ2) is 7.48. The summed E-state index contributed by atoms with van der Waals surface area (Å²) in [5, 5.41) is 2.98. The molecule has 5 heteroatoms. The fraction of sp³-hybridized carbons (Fsp3) is 0.857. The first-order valence-corrected chi connectivity index (χ1v) is 7.33. The van der Waals surface area contributed by atoms with Crippen LogP contribution in [0.4, 0.5) is 0 Å². The molecule has 110 valence electrons. The summed E-state index contributed by atoms with van der Waals surface area (Å²) < 4.78 is 0. The number of carbonyl (C=O) groups is 2. The number of nitrogens with zero attached hydrogens (tertiary/aromatic N) is 1. The average molecular weight is 269 g/mol. The van der Waals surface area contributed by atoms with E-state index in [0.29, 0.717) is 19.5 Å². The second-order valence-corrected chi connectivity index (χ2v) is 5.43. The van der Waals surface area contributed by atoms with Gasteiger partial charge in [0.2, 0.25) is 11.8 Å². The van der Waals surface area contributed by atoms with E-state index in [1.54, 1.807) is 0 Å². The van der Waals surface area contributed by atoms with Gasteiger partial charge in [0.1, 0.15) is 0 Å². The number of amides is 2. The second-order valence-electron chi connectivity index (χ2n) is 5.43. The van der Waals surface area contributed by atoms with Crippen molar-refractivity contribution in [3.63, 3.8) is 0 Å². The van der Waals surface area contributed by atoms with Crippen LogP contribution in [0.1, 0.15) is 46.5 Å². The SMILES string of the molecule is CCC(=O)NC1CCN(C(=O)[C@@H](N)C(C)CC)CC1. The number of hydrogen-bond acceptors (Lipinski definition) is 3. The molecule has 0 aromatic heterocycles. The van der Waals surface area contributed by atoms with Crippen LogP contribution in [0, 0.1) is 5.92 Å². The maximum atomic E-state index is 12.2. The van der Waals surface area contributed by atoms with Gasteiger partial charge in [0.25, 0.3) is 0 Å². The first kappa shape index (κ1) is 16.0. The lowest BCUT2D eigenvalue weighted by molar-refractivity contribution is -0.135. The van der Waals surface area contributed by atoms with Gasteiger partial charge in [-0.15, -0.1) is 0 Å². The highest BCUT2D eigenvalue weighted by atomic mass is 16.2. The Morgan fingerprint density at radius 1 is 1.32 bits per heavy atom. The zero-order valence-electron chi connectivity index (χ0n) is 12.3. The van der Waals surface area contributed by atoms with Gasteiger partial charge >= 0.3 is 0 Å². The molecule has 0 aliphatic carbocycles. The fourth-order valence-corrected chi connectivity index (χ4v) is 2.28. The molecule has 1 heterocycles. The Morgan fingerprint density at radius 2 is 1.89 bits per heavy atom. The van der Waals surface area contributed by atoms with Crippen molar-refractivity contribution in [1.29, 1.82) is 0 Å². The molecule has 1 rings (SSSR count). The monoisotopic (exact) mass is 269 g/mol. The fourth-order valence-electron chi connectivity index (χ4n) is 2.28. The van der Waals surface area contributed by atoms with Gasteiger partial charge in [0, 0.05) is 25.6 Å². The summed E-state index contributed by atoms with van der Waals surface area (Å²) in [4.78, 5) is 25.4. The third-order valence-electron chi connectivity index (χ3n) is 4.04. The molecule has 0 aromatic rings. The Morgan fingerprint density at radius 3 is 2.37 bits per heavy atom. The smallest absolute Gasteiger partial charge is 0.239 e. The molecule has 19 heavy (non-hydrogen) atoms. The highest BCUT2D eigenvalue weighted by Crippen LogP contribution is 2.14. The summed E-state index contributed by atoms with van der Waals surface area (Å²) in [6, 6.07) is -0.192. The van der Waals surface area contributed by atoms with E-state index in [-0.39, 0.29) is 23.8 Å². The zero-order valence-corrected chi connectivity index (χ0v) is 12.3. The summed E-state index contributed by atoms with van der Waals surface area (Å²) in [6.45, 7) is 7.29. The maximum absolute atomic E-state index is 12.2. The average Bonchev–Trinajstić information content (AvgIpc) is 2.45. The number of rotatable bonds is 5. The zero-order chi connectivity index (χ0) is 14.4. The Hall–Kier alpha value is -1.10. The number of nitrogens with one attached hydrogen (secondary N) is 1. The Kier molecular flexibility index (Phi) is 6.28. The molecule has 3 N–H and O–H groups in total. The van der Waals surface area contributed by atoms with Crippen LogP contribution in [0.25, 0.3) is 0 Å². The van der Waals surface area contributed by atoms with E-state index in [9.17, 15) is 9.59 Å². The highest BCUT2D eigenvalue weighted by molar-refractivity contribution is 5.82. The first-order valence-electron chi connectivity index (χ1n) is 7.33. The third kappa shape index (κ3) is 4.49. The van der Waals surface area contributed by atoms with Crippen molar-refractivity contribution < 1.29 is 9.59 Å². The summed E-state index contributed by atoms with van der Waals surface area (Å²) >= 11 is 0. The van der Waals surface area contributed by atoms with Crippen molar-refractivity contribution in [2.45, 2.75) is 58.5 Å². The van der Waals surface area contributed by atoms with Gasteiger partial charge in [-0.2, -0.15) is 0 Å². The summed E-state index contributed by atoms with van der Waals surface area (Å²) in [5.41, 5.74) is 5.98. The van der Waals surface area contributed by atoms with Crippen LogP contribution >= 0.6 is 0 Å². The Labute approximate surface area is 115 Å². The molecule has 1 saturated heterocycles. The van der Waals surface area contributed by atoms with E-state index in [0.717, 1.165) is 19.3 Å². The Balaban J connectivity index is 2.41. The predicted octanol–water partition coefficient (Wildman–Crippen LogP) is 0.877. The number of nitrogens with two attached hydrogens (primary N) is 1. The molecule has 2 amide bonds. The van der Waals surface area contributed by atoms with Crippen molar-refractivity contribution in [2.75, 3.05) is 13.1 Å². The molecule has 0 radical (unpaired) electrons. The standard InChI is InChI=1S/C14H27N3O2/c1-4-10(3)13(15)14(19)17-8-6-11(7-9-17)16-12(18)5-2/h10-11,13H,4-9,15H2,1-3H3,(H,16,18)/t10?,13-/m0/s1. The minimum absolute atomic E-state index is 0.0506. The molecule has 5 nitrogen and oxygen atoms in total. The molecular formula is C14H27N3O2. The van der Waals surface area contributed by atoms with Crippen LogP contribution in [0.2, 0.25) is 0 Å². The van der Waals surface area contributed by atoms with Gasteiger partial charge < -0.3 is 16.0 Å². The molecule has 2 atom stereocenters. The van der Waals surface area contributed by atoms with E-state index in [1.165, 1.54) is 0 Å².